The molecule has 1 saturated heterocycles. The van der Waals surface area contributed by atoms with Crippen LogP contribution in [0.25, 0.3) is 5.57 Å². The molecule has 0 bridgehead atoms. The second-order valence-corrected chi connectivity index (χ2v) is 8.28. The fraction of sp³-hybridized carbons (Fsp3) is 0.591. The number of hydrogen-bond donors (Lipinski definition) is 3. The van der Waals surface area contributed by atoms with Gasteiger partial charge in [0, 0.05) is 30.9 Å². The van der Waals surface area contributed by atoms with E-state index in [2.05, 4.69) is 18.2 Å². The predicted octanol–water partition coefficient (Wildman–Crippen LogP) is 3.03. The number of anilines is 1. The van der Waals surface area contributed by atoms with Gasteiger partial charge in [0.2, 0.25) is 5.91 Å². The lowest BCUT2D eigenvalue weighted by Crippen LogP contribution is -2.55. The van der Waals surface area contributed by atoms with Crippen molar-refractivity contribution in [1.82, 2.24) is 4.90 Å². The molecule has 1 aliphatic carbocycles. The summed E-state index contributed by atoms with van der Waals surface area (Å²) in [7, 11) is 0. The van der Waals surface area contributed by atoms with E-state index in [1.165, 1.54) is 29.5 Å². The Bertz CT molecular complexity index is 704. The molecule has 5 nitrogen and oxygen atoms in total. The third-order valence-electron chi connectivity index (χ3n) is 6.09. The number of nitrogens with zero attached hydrogens (tertiary/aromatic N) is 1. The first kappa shape index (κ1) is 19.9. The van der Waals surface area contributed by atoms with Crippen LogP contribution in [0.2, 0.25) is 0 Å². The van der Waals surface area contributed by atoms with E-state index >= 15 is 0 Å². The van der Waals surface area contributed by atoms with Crippen molar-refractivity contribution in [2.45, 2.75) is 63.3 Å². The number of aliphatic hydroxyl groups is 1. The second-order valence-electron chi connectivity index (χ2n) is 8.28. The number of benzene rings is 1. The van der Waals surface area contributed by atoms with E-state index < -0.39 is 5.54 Å². The van der Waals surface area contributed by atoms with Crippen LogP contribution >= 0.6 is 0 Å². The minimum absolute atomic E-state index is 0.0552. The Balaban J connectivity index is 1.68. The Morgan fingerprint density at radius 2 is 2.04 bits per heavy atom. The maximum absolute atomic E-state index is 12.6. The van der Waals surface area contributed by atoms with Gasteiger partial charge in [-0.15, -0.1) is 0 Å². The molecule has 1 fully saturated rings. The molecule has 3 rings (SSSR count). The predicted molar refractivity (Wildman–Crippen MR) is 110 cm³/mol. The standard InChI is InChI=1S/C22H33N3O2/c1-22(24,11-14-26)21(27)25-12-9-16(10-13-25)18-7-8-20(23)19(15-18)17-5-3-2-4-6-17/h5,7-8,15-16,26H,2-4,6,9-14,23-24H2,1H3. The fourth-order valence-electron chi connectivity index (χ4n) is 4.30. The summed E-state index contributed by atoms with van der Waals surface area (Å²) < 4.78 is 0. The van der Waals surface area contributed by atoms with E-state index in [1.807, 2.05) is 11.0 Å². The number of aliphatic hydroxyl groups excluding tert-OH is 1. The highest BCUT2D eigenvalue weighted by atomic mass is 16.3. The van der Waals surface area contributed by atoms with Gasteiger partial charge < -0.3 is 21.5 Å². The number of carbonyl (C=O) groups is 1. The number of carbonyl (C=O) groups excluding carboxylic acids is 1. The third-order valence-corrected chi connectivity index (χ3v) is 6.09. The zero-order valence-corrected chi connectivity index (χ0v) is 16.4. The maximum Gasteiger partial charge on any atom is 0.242 e. The largest absolute Gasteiger partial charge is 0.398 e. The molecular weight excluding hydrogens is 338 g/mol. The molecule has 1 aromatic rings. The Morgan fingerprint density at radius 3 is 2.67 bits per heavy atom. The highest BCUT2D eigenvalue weighted by Crippen LogP contribution is 2.35. The summed E-state index contributed by atoms with van der Waals surface area (Å²) in [6.07, 6.45) is 9.26. The quantitative estimate of drug-likeness (QED) is 0.694. The SMILES string of the molecule is CC(N)(CCO)C(=O)N1CCC(c2ccc(N)c(C3=CCCCC3)c2)CC1. The van der Waals surface area contributed by atoms with Gasteiger partial charge in [-0.2, -0.15) is 0 Å². The molecule has 0 spiro atoms. The number of nitrogen functional groups attached to an aromatic ring is 1. The summed E-state index contributed by atoms with van der Waals surface area (Å²) >= 11 is 0. The maximum atomic E-state index is 12.6. The van der Waals surface area contributed by atoms with Crippen molar-refractivity contribution in [3.05, 3.63) is 35.4 Å². The van der Waals surface area contributed by atoms with Gasteiger partial charge in [-0.05, 0) is 81.1 Å². The van der Waals surface area contributed by atoms with Crippen molar-refractivity contribution in [3.63, 3.8) is 0 Å². The van der Waals surface area contributed by atoms with Crippen LogP contribution < -0.4 is 11.5 Å². The van der Waals surface area contributed by atoms with Crippen LogP contribution in [0.1, 0.15) is 68.9 Å². The zero-order chi connectivity index (χ0) is 19.4. The van der Waals surface area contributed by atoms with E-state index in [1.54, 1.807) is 6.92 Å². The highest BCUT2D eigenvalue weighted by molar-refractivity contribution is 5.85. The molecule has 0 radical (unpaired) electrons. The lowest BCUT2D eigenvalue weighted by molar-refractivity contribution is -0.138. The first-order valence-electron chi connectivity index (χ1n) is 10.2. The van der Waals surface area contributed by atoms with Crippen molar-refractivity contribution in [1.29, 1.82) is 0 Å². The molecule has 1 aromatic carbocycles. The number of piperidine rings is 1. The van der Waals surface area contributed by atoms with Crippen molar-refractivity contribution in [2.75, 3.05) is 25.4 Å². The van der Waals surface area contributed by atoms with Crippen molar-refractivity contribution in [2.24, 2.45) is 5.73 Å². The van der Waals surface area contributed by atoms with Gasteiger partial charge in [-0.1, -0.05) is 12.1 Å². The van der Waals surface area contributed by atoms with Crippen LogP contribution in [0, 0.1) is 0 Å². The number of rotatable bonds is 5. The molecule has 0 saturated carbocycles. The molecule has 27 heavy (non-hydrogen) atoms. The molecule has 2 aliphatic rings. The molecule has 1 aliphatic heterocycles. The van der Waals surface area contributed by atoms with Gasteiger partial charge in [0.05, 0.1) is 5.54 Å². The van der Waals surface area contributed by atoms with E-state index in [-0.39, 0.29) is 12.5 Å². The van der Waals surface area contributed by atoms with Crippen LogP contribution in [0.3, 0.4) is 0 Å². The summed E-state index contributed by atoms with van der Waals surface area (Å²) in [5.74, 6) is 0.389. The Kier molecular flexibility index (Phi) is 6.22. The van der Waals surface area contributed by atoms with E-state index in [0.29, 0.717) is 25.4 Å². The minimum atomic E-state index is -0.983. The van der Waals surface area contributed by atoms with E-state index in [9.17, 15) is 4.79 Å². The Labute approximate surface area is 162 Å². The normalized spacial score (nSPS) is 20.9. The van der Waals surface area contributed by atoms with E-state index in [0.717, 1.165) is 31.4 Å². The summed E-state index contributed by atoms with van der Waals surface area (Å²) in [5, 5.41) is 9.13. The number of nitrogens with two attached hydrogens (primary N) is 2. The minimum Gasteiger partial charge on any atom is -0.398 e. The summed E-state index contributed by atoms with van der Waals surface area (Å²) in [4.78, 5) is 14.5. The number of likely N-dealkylation sites (tertiary alicyclic amines) is 1. The molecule has 0 aromatic heterocycles. The Hall–Kier alpha value is -1.85. The van der Waals surface area contributed by atoms with Gasteiger partial charge in [0.15, 0.2) is 0 Å². The summed E-state index contributed by atoms with van der Waals surface area (Å²) in [6, 6.07) is 6.45. The summed E-state index contributed by atoms with van der Waals surface area (Å²) in [6.45, 7) is 3.06. The highest BCUT2D eigenvalue weighted by Gasteiger charge is 2.34. The topological polar surface area (TPSA) is 92.6 Å². The molecule has 1 atom stereocenters. The van der Waals surface area contributed by atoms with E-state index in [4.69, 9.17) is 16.6 Å². The second kappa shape index (κ2) is 8.44. The lowest BCUT2D eigenvalue weighted by Gasteiger charge is -2.37. The third kappa shape index (κ3) is 4.53. The first-order valence-corrected chi connectivity index (χ1v) is 10.2. The van der Waals surface area contributed by atoms with Gasteiger partial charge in [0.25, 0.3) is 0 Å². The molecule has 1 heterocycles. The first-order chi connectivity index (χ1) is 12.9. The van der Waals surface area contributed by atoms with Gasteiger partial charge in [0.1, 0.15) is 0 Å². The smallest absolute Gasteiger partial charge is 0.242 e. The van der Waals surface area contributed by atoms with Gasteiger partial charge in [-0.3, -0.25) is 4.79 Å². The van der Waals surface area contributed by atoms with Crippen molar-refractivity contribution >= 4 is 17.2 Å². The number of allylic oxidation sites excluding steroid dienone is 2. The van der Waals surface area contributed by atoms with Crippen LogP contribution in [0.5, 0.6) is 0 Å². The van der Waals surface area contributed by atoms with Crippen LogP contribution in [-0.4, -0.2) is 41.1 Å². The average molecular weight is 372 g/mol. The summed E-state index contributed by atoms with van der Waals surface area (Å²) in [5.41, 5.74) is 16.1. The number of hydrogen-bond acceptors (Lipinski definition) is 4. The molecule has 5 N–H and O–H groups in total. The van der Waals surface area contributed by atoms with Crippen molar-refractivity contribution < 1.29 is 9.90 Å². The van der Waals surface area contributed by atoms with Gasteiger partial charge >= 0.3 is 0 Å². The Morgan fingerprint density at radius 1 is 1.30 bits per heavy atom. The van der Waals surface area contributed by atoms with Gasteiger partial charge in [-0.25, -0.2) is 0 Å². The lowest BCUT2D eigenvalue weighted by atomic mass is 9.85. The van der Waals surface area contributed by atoms with Crippen molar-refractivity contribution in [3.8, 4) is 0 Å². The molecular formula is C22H33N3O2. The zero-order valence-electron chi connectivity index (χ0n) is 16.4. The number of amides is 1. The molecule has 1 amide bonds. The van der Waals surface area contributed by atoms with Crippen LogP contribution in [0.15, 0.2) is 24.3 Å². The molecule has 148 valence electrons. The fourth-order valence-corrected chi connectivity index (χ4v) is 4.30. The van der Waals surface area contributed by atoms with Crippen LogP contribution in [0.4, 0.5) is 5.69 Å². The molecule has 1 unspecified atom stereocenters. The van der Waals surface area contributed by atoms with Crippen LogP contribution in [-0.2, 0) is 4.79 Å². The average Bonchev–Trinajstić information content (AvgIpc) is 2.68. The monoisotopic (exact) mass is 371 g/mol. The molecule has 5 heteroatoms.